The van der Waals surface area contributed by atoms with E-state index in [-0.39, 0.29) is 5.91 Å². The average molecular weight is 377 g/mol. The summed E-state index contributed by atoms with van der Waals surface area (Å²) in [5.41, 5.74) is 0.426. The molecule has 0 unspecified atom stereocenters. The van der Waals surface area contributed by atoms with E-state index in [4.69, 9.17) is 0 Å². The number of nitrogens with zero attached hydrogens (tertiary/aromatic N) is 2. The summed E-state index contributed by atoms with van der Waals surface area (Å²) in [6.07, 6.45) is 3.31. The normalized spacial score (nSPS) is 15.5. The fourth-order valence-electron chi connectivity index (χ4n) is 3.91. The van der Waals surface area contributed by atoms with Gasteiger partial charge in [0.2, 0.25) is 5.91 Å². The van der Waals surface area contributed by atoms with Gasteiger partial charge in [0.25, 0.3) is 5.56 Å². The largest absolute Gasteiger partial charge is 0.341 e. The van der Waals surface area contributed by atoms with Gasteiger partial charge in [0.15, 0.2) is 0 Å². The number of aromatic nitrogens is 2. The lowest BCUT2D eigenvalue weighted by Crippen LogP contribution is -2.48. The van der Waals surface area contributed by atoms with Gasteiger partial charge in [-0.05, 0) is 37.0 Å². The summed E-state index contributed by atoms with van der Waals surface area (Å²) in [6.45, 7) is 1.34. The second-order valence-corrected chi connectivity index (χ2v) is 7.24. The van der Waals surface area contributed by atoms with E-state index < -0.39 is 17.3 Å². The molecule has 0 aliphatic carbocycles. The molecule has 3 aromatic rings. The van der Waals surface area contributed by atoms with Gasteiger partial charge in [-0.3, -0.25) is 9.59 Å². The molecule has 1 aromatic heterocycles. The second kappa shape index (κ2) is 7.84. The third-order valence-corrected chi connectivity index (χ3v) is 5.37. The Hall–Kier alpha value is -3.15. The van der Waals surface area contributed by atoms with Gasteiger partial charge in [0.1, 0.15) is 6.04 Å². The van der Waals surface area contributed by atoms with Gasteiger partial charge in [-0.2, -0.15) is 0 Å². The number of nitrogens with one attached hydrogen (secondary N) is 1. The van der Waals surface area contributed by atoms with Crippen LogP contribution in [-0.2, 0) is 11.2 Å². The van der Waals surface area contributed by atoms with Gasteiger partial charge >= 0.3 is 5.69 Å². The molecule has 0 saturated carbocycles. The fraction of sp³-hybridized carbons (Fsp3) is 0.318. The molecule has 144 valence electrons. The maximum Gasteiger partial charge on any atom is 0.329 e. The minimum atomic E-state index is -0.860. The highest BCUT2D eigenvalue weighted by Gasteiger charge is 2.30. The van der Waals surface area contributed by atoms with Crippen LogP contribution in [0.25, 0.3) is 10.9 Å². The molecular formula is C22H23N3O3. The number of benzene rings is 2. The maximum absolute atomic E-state index is 13.4. The Morgan fingerprint density at radius 2 is 1.61 bits per heavy atom. The van der Waals surface area contributed by atoms with Crippen molar-refractivity contribution in [2.45, 2.75) is 31.7 Å². The van der Waals surface area contributed by atoms with E-state index in [1.165, 1.54) is 0 Å². The topological polar surface area (TPSA) is 75.2 Å². The molecule has 0 radical (unpaired) electrons. The average Bonchev–Trinajstić information content (AvgIpc) is 2.74. The minimum absolute atomic E-state index is 0.161. The Bertz CT molecular complexity index is 1100. The van der Waals surface area contributed by atoms with Crippen molar-refractivity contribution in [2.24, 2.45) is 0 Å². The van der Waals surface area contributed by atoms with Crippen LogP contribution in [0.5, 0.6) is 0 Å². The van der Waals surface area contributed by atoms with Crippen molar-refractivity contribution in [3.8, 4) is 0 Å². The second-order valence-electron chi connectivity index (χ2n) is 7.24. The summed E-state index contributed by atoms with van der Waals surface area (Å²) in [4.78, 5) is 43.9. The van der Waals surface area contributed by atoms with Crippen molar-refractivity contribution in [3.05, 3.63) is 81.0 Å². The van der Waals surface area contributed by atoms with E-state index in [0.29, 0.717) is 30.4 Å². The van der Waals surface area contributed by atoms with E-state index in [0.717, 1.165) is 29.4 Å². The number of rotatable bonds is 4. The number of hydrogen-bond acceptors (Lipinski definition) is 3. The Morgan fingerprint density at radius 3 is 2.36 bits per heavy atom. The van der Waals surface area contributed by atoms with Crippen LogP contribution in [0, 0.1) is 0 Å². The maximum atomic E-state index is 13.4. The number of piperidine rings is 1. The van der Waals surface area contributed by atoms with E-state index in [1.54, 1.807) is 29.2 Å². The van der Waals surface area contributed by atoms with Crippen molar-refractivity contribution in [2.75, 3.05) is 13.1 Å². The number of H-pyrrole nitrogens is 1. The van der Waals surface area contributed by atoms with E-state index in [9.17, 15) is 14.4 Å². The number of para-hydroxylation sites is 1. The highest BCUT2D eigenvalue weighted by atomic mass is 16.2. The van der Waals surface area contributed by atoms with Crippen LogP contribution >= 0.6 is 0 Å². The zero-order chi connectivity index (χ0) is 19.5. The van der Waals surface area contributed by atoms with Crippen molar-refractivity contribution < 1.29 is 4.79 Å². The van der Waals surface area contributed by atoms with Crippen molar-refractivity contribution in [1.29, 1.82) is 0 Å². The van der Waals surface area contributed by atoms with Crippen LogP contribution < -0.4 is 11.2 Å². The first-order valence-electron chi connectivity index (χ1n) is 9.71. The number of hydrogen-bond donors (Lipinski definition) is 1. The number of likely N-dealkylation sites (tertiary alicyclic amines) is 1. The molecule has 2 heterocycles. The minimum Gasteiger partial charge on any atom is -0.341 e. The Morgan fingerprint density at radius 1 is 0.929 bits per heavy atom. The molecule has 1 amide bonds. The molecule has 1 saturated heterocycles. The van der Waals surface area contributed by atoms with Crippen molar-refractivity contribution >= 4 is 16.8 Å². The van der Waals surface area contributed by atoms with Gasteiger partial charge < -0.3 is 9.88 Å². The zero-order valence-corrected chi connectivity index (χ0v) is 15.6. The SMILES string of the molecule is O=C([C@H](Cc1ccccc1)n1c(=O)[nH]c2ccccc2c1=O)N1CCCCC1. The molecule has 0 bridgehead atoms. The molecule has 0 spiro atoms. The summed E-state index contributed by atoms with van der Waals surface area (Å²) in [7, 11) is 0. The molecule has 1 N–H and O–H groups in total. The molecule has 1 aliphatic heterocycles. The molecule has 28 heavy (non-hydrogen) atoms. The number of carbonyl (C=O) groups is 1. The quantitative estimate of drug-likeness (QED) is 0.759. The van der Waals surface area contributed by atoms with Crippen LogP contribution in [0.2, 0.25) is 0 Å². The summed E-state index contributed by atoms with van der Waals surface area (Å²) < 4.78 is 1.10. The van der Waals surface area contributed by atoms with E-state index >= 15 is 0 Å². The van der Waals surface area contributed by atoms with Gasteiger partial charge in [0.05, 0.1) is 10.9 Å². The standard InChI is InChI=1S/C22H23N3O3/c26-20-17-11-5-6-12-18(17)23-22(28)25(20)19(15-16-9-3-1-4-10-16)21(27)24-13-7-2-8-14-24/h1,3-6,9-12,19H,2,7-8,13-15H2,(H,23,28)/t19-/m0/s1. The number of amides is 1. The van der Waals surface area contributed by atoms with Crippen LogP contribution in [-0.4, -0.2) is 33.4 Å². The third-order valence-electron chi connectivity index (χ3n) is 5.37. The molecule has 1 atom stereocenters. The Labute approximate surface area is 162 Å². The summed E-state index contributed by atoms with van der Waals surface area (Å²) in [6, 6.07) is 15.6. The lowest BCUT2D eigenvalue weighted by atomic mass is 10.0. The van der Waals surface area contributed by atoms with E-state index in [2.05, 4.69) is 4.98 Å². The lowest BCUT2D eigenvalue weighted by molar-refractivity contribution is -0.135. The predicted octanol–water partition coefficient (Wildman–Crippen LogP) is 2.49. The Balaban J connectivity index is 1.83. The molecule has 1 fully saturated rings. The highest BCUT2D eigenvalue weighted by Crippen LogP contribution is 2.19. The lowest BCUT2D eigenvalue weighted by Gasteiger charge is -2.31. The predicted molar refractivity (Wildman–Crippen MR) is 108 cm³/mol. The van der Waals surface area contributed by atoms with Crippen molar-refractivity contribution in [3.63, 3.8) is 0 Å². The van der Waals surface area contributed by atoms with Gasteiger partial charge in [-0.15, -0.1) is 0 Å². The monoisotopic (exact) mass is 377 g/mol. The van der Waals surface area contributed by atoms with Crippen LogP contribution in [0.4, 0.5) is 0 Å². The first kappa shape index (κ1) is 18.2. The molecular weight excluding hydrogens is 354 g/mol. The summed E-state index contributed by atoms with van der Waals surface area (Å²) in [5, 5.41) is 0.409. The zero-order valence-electron chi connectivity index (χ0n) is 15.6. The van der Waals surface area contributed by atoms with E-state index in [1.807, 2.05) is 30.3 Å². The number of fused-ring (bicyclic) bond motifs is 1. The molecule has 6 nitrogen and oxygen atoms in total. The third kappa shape index (κ3) is 3.50. The van der Waals surface area contributed by atoms with Crippen molar-refractivity contribution in [1.82, 2.24) is 14.5 Å². The van der Waals surface area contributed by atoms with Crippen LogP contribution in [0.1, 0.15) is 30.9 Å². The smallest absolute Gasteiger partial charge is 0.329 e. The van der Waals surface area contributed by atoms with Crippen LogP contribution in [0.15, 0.2) is 64.2 Å². The Kier molecular flexibility index (Phi) is 5.10. The number of aromatic amines is 1. The summed E-state index contributed by atoms with van der Waals surface area (Å²) in [5.74, 6) is -0.161. The molecule has 1 aliphatic rings. The van der Waals surface area contributed by atoms with Gasteiger partial charge in [0, 0.05) is 19.5 Å². The number of carbonyl (C=O) groups excluding carboxylic acids is 1. The first-order valence-corrected chi connectivity index (χ1v) is 9.71. The van der Waals surface area contributed by atoms with Crippen LogP contribution in [0.3, 0.4) is 0 Å². The first-order chi connectivity index (χ1) is 13.6. The van der Waals surface area contributed by atoms with Gasteiger partial charge in [-0.1, -0.05) is 42.5 Å². The van der Waals surface area contributed by atoms with Gasteiger partial charge in [-0.25, -0.2) is 9.36 Å². The highest BCUT2D eigenvalue weighted by molar-refractivity contribution is 5.82. The summed E-state index contributed by atoms with van der Waals surface area (Å²) >= 11 is 0. The molecule has 6 heteroatoms. The molecule has 2 aromatic carbocycles. The molecule has 4 rings (SSSR count). The fourth-order valence-corrected chi connectivity index (χ4v) is 3.91.